The molecule has 0 aromatic carbocycles. The first-order valence-corrected chi connectivity index (χ1v) is 7.38. The molecule has 1 N–H and O–H groups in total. The quantitative estimate of drug-likeness (QED) is 0.819. The number of hydrogen-bond donors (Lipinski definition) is 1. The van der Waals surface area contributed by atoms with E-state index in [1.165, 1.54) is 0 Å². The van der Waals surface area contributed by atoms with Crippen LogP contribution in [-0.2, 0) is 19.0 Å². The van der Waals surface area contributed by atoms with Crippen LogP contribution < -0.4 is 5.32 Å². The first-order valence-electron chi connectivity index (χ1n) is 7.38. The van der Waals surface area contributed by atoms with Crippen LogP contribution in [0.25, 0.3) is 0 Å². The molecule has 0 aromatic heterocycles. The van der Waals surface area contributed by atoms with Gasteiger partial charge in [-0.3, -0.25) is 4.79 Å². The Balaban J connectivity index is 1.48. The number of hydrogen-bond acceptors (Lipinski definition) is 4. The molecule has 2 saturated heterocycles. The molecule has 2 heterocycles. The van der Waals surface area contributed by atoms with Gasteiger partial charge in [-0.15, -0.1) is 0 Å². The molecule has 5 heteroatoms. The van der Waals surface area contributed by atoms with Gasteiger partial charge in [0.1, 0.15) is 6.10 Å². The Morgan fingerprint density at radius 2 is 1.79 bits per heavy atom. The molecule has 3 rings (SSSR count). The fourth-order valence-electron chi connectivity index (χ4n) is 3.30. The lowest BCUT2D eigenvalue weighted by atomic mass is 9.89. The minimum atomic E-state index is -0.349. The Kier molecular flexibility index (Phi) is 3.78. The minimum Gasteiger partial charge on any atom is -0.368 e. The number of ether oxygens (including phenoxy) is 3. The monoisotopic (exact) mass is 269 g/mol. The SMILES string of the molecule is CC1CCOC1C(=O)NC1CCC2(CC1)OCCO2. The van der Waals surface area contributed by atoms with Gasteiger partial charge in [0.2, 0.25) is 5.91 Å². The van der Waals surface area contributed by atoms with Crippen LogP contribution in [-0.4, -0.2) is 43.7 Å². The van der Waals surface area contributed by atoms with Gasteiger partial charge < -0.3 is 19.5 Å². The molecule has 19 heavy (non-hydrogen) atoms. The first-order chi connectivity index (χ1) is 9.19. The highest BCUT2D eigenvalue weighted by Gasteiger charge is 2.41. The summed E-state index contributed by atoms with van der Waals surface area (Å²) in [5.74, 6) is 0.0360. The molecule has 1 aliphatic carbocycles. The van der Waals surface area contributed by atoms with Crippen molar-refractivity contribution in [3.05, 3.63) is 0 Å². The Labute approximate surface area is 114 Å². The van der Waals surface area contributed by atoms with E-state index < -0.39 is 0 Å². The number of rotatable bonds is 2. The topological polar surface area (TPSA) is 56.8 Å². The Bertz CT molecular complexity index is 330. The maximum atomic E-state index is 12.1. The maximum Gasteiger partial charge on any atom is 0.249 e. The number of nitrogens with one attached hydrogen (secondary N) is 1. The van der Waals surface area contributed by atoms with Crippen LogP contribution in [0.15, 0.2) is 0 Å². The molecule has 1 saturated carbocycles. The fraction of sp³-hybridized carbons (Fsp3) is 0.929. The van der Waals surface area contributed by atoms with Gasteiger partial charge in [-0.05, 0) is 25.2 Å². The largest absolute Gasteiger partial charge is 0.368 e. The third kappa shape index (κ3) is 2.78. The zero-order chi connectivity index (χ0) is 13.3. The van der Waals surface area contributed by atoms with Crippen LogP contribution in [0.4, 0.5) is 0 Å². The number of carbonyl (C=O) groups is 1. The summed E-state index contributed by atoms with van der Waals surface area (Å²) in [5, 5.41) is 3.12. The molecule has 2 atom stereocenters. The minimum absolute atomic E-state index is 0.0548. The van der Waals surface area contributed by atoms with E-state index in [0.717, 1.165) is 32.1 Å². The van der Waals surface area contributed by atoms with Crippen LogP contribution in [0, 0.1) is 5.92 Å². The standard InChI is InChI=1S/C14H23NO4/c1-10-4-7-17-12(10)13(16)15-11-2-5-14(6-3-11)18-8-9-19-14/h10-12H,2-9H2,1H3,(H,15,16). The predicted molar refractivity (Wildman–Crippen MR) is 68.6 cm³/mol. The van der Waals surface area contributed by atoms with Crippen molar-refractivity contribution >= 4 is 5.91 Å². The van der Waals surface area contributed by atoms with Crippen LogP contribution in [0.1, 0.15) is 39.0 Å². The van der Waals surface area contributed by atoms with Gasteiger partial charge in [0.05, 0.1) is 13.2 Å². The highest BCUT2D eigenvalue weighted by atomic mass is 16.7. The van der Waals surface area contributed by atoms with Gasteiger partial charge >= 0.3 is 0 Å². The average molecular weight is 269 g/mol. The van der Waals surface area contributed by atoms with E-state index in [4.69, 9.17) is 14.2 Å². The number of carbonyl (C=O) groups excluding carboxylic acids is 1. The summed E-state index contributed by atoms with van der Waals surface area (Å²) in [6.07, 6.45) is 4.32. The molecule has 0 aromatic rings. The molecular weight excluding hydrogens is 246 g/mol. The van der Waals surface area contributed by atoms with Crippen LogP contribution in [0.3, 0.4) is 0 Å². The van der Waals surface area contributed by atoms with Crippen molar-refractivity contribution in [2.45, 2.75) is 57.0 Å². The van der Waals surface area contributed by atoms with Crippen molar-refractivity contribution in [3.63, 3.8) is 0 Å². The van der Waals surface area contributed by atoms with Gasteiger partial charge in [0.15, 0.2) is 5.79 Å². The van der Waals surface area contributed by atoms with Gasteiger partial charge in [0, 0.05) is 25.5 Å². The van der Waals surface area contributed by atoms with Crippen molar-refractivity contribution in [2.24, 2.45) is 5.92 Å². The summed E-state index contributed by atoms with van der Waals surface area (Å²) in [6, 6.07) is 0.238. The fourth-order valence-corrected chi connectivity index (χ4v) is 3.30. The van der Waals surface area contributed by atoms with Crippen molar-refractivity contribution in [1.82, 2.24) is 5.32 Å². The first kappa shape index (κ1) is 13.3. The van der Waals surface area contributed by atoms with Gasteiger partial charge in [-0.2, -0.15) is 0 Å². The second-order valence-corrected chi connectivity index (χ2v) is 5.95. The Hall–Kier alpha value is -0.650. The Morgan fingerprint density at radius 1 is 1.11 bits per heavy atom. The lowest BCUT2D eigenvalue weighted by molar-refractivity contribution is -0.180. The molecule has 108 valence electrons. The zero-order valence-corrected chi connectivity index (χ0v) is 11.5. The van der Waals surface area contributed by atoms with Gasteiger partial charge in [0.25, 0.3) is 0 Å². The normalized spacial score (nSPS) is 34.8. The predicted octanol–water partition coefficient (Wildman–Crippen LogP) is 1.21. The third-order valence-electron chi connectivity index (χ3n) is 4.55. The molecule has 0 radical (unpaired) electrons. The van der Waals surface area contributed by atoms with E-state index in [9.17, 15) is 4.79 Å². The third-order valence-corrected chi connectivity index (χ3v) is 4.55. The molecule has 0 bridgehead atoms. The summed E-state index contributed by atoms with van der Waals surface area (Å²) < 4.78 is 16.9. The molecule has 1 amide bonds. The number of amides is 1. The van der Waals surface area contributed by atoms with Gasteiger partial charge in [-0.1, -0.05) is 6.92 Å². The highest BCUT2D eigenvalue weighted by molar-refractivity contribution is 5.81. The molecule has 3 fully saturated rings. The van der Waals surface area contributed by atoms with Crippen molar-refractivity contribution in [3.8, 4) is 0 Å². The lowest BCUT2D eigenvalue weighted by Crippen LogP contribution is -2.47. The maximum absolute atomic E-state index is 12.1. The lowest BCUT2D eigenvalue weighted by Gasteiger charge is -2.36. The van der Waals surface area contributed by atoms with Crippen molar-refractivity contribution in [1.29, 1.82) is 0 Å². The summed E-state index contributed by atoms with van der Waals surface area (Å²) >= 11 is 0. The van der Waals surface area contributed by atoms with E-state index in [-0.39, 0.29) is 23.8 Å². The average Bonchev–Trinajstić information content (AvgIpc) is 3.02. The Morgan fingerprint density at radius 3 is 2.37 bits per heavy atom. The highest BCUT2D eigenvalue weighted by Crippen LogP contribution is 2.35. The van der Waals surface area contributed by atoms with Crippen LogP contribution in [0.2, 0.25) is 0 Å². The molecule has 2 aliphatic heterocycles. The van der Waals surface area contributed by atoms with Crippen LogP contribution in [0.5, 0.6) is 0 Å². The summed E-state index contributed by atoms with van der Waals surface area (Å²) in [7, 11) is 0. The molecule has 2 unspecified atom stereocenters. The molecular formula is C14H23NO4. The van der Waals surface area contributed by atoms with E-state index in [1.807, 2.05) is 0 Å². The molecule has 3 aliphatic rings. The summed E-state index contributed by atoms with van der Waals surface area (Å²) in [4.78, 5) is 12.1. The smallest absolute Gasteiger partial charge is 0.249 e. The summed E-state index contributed by atoms with van der Waals surface area (Å²) in [5.41, 5.74) is 0. The van der Waals surface area contributed by atoms with Gasteiger partial charge in [-0.25, -0.2) is 0 Å². The second kappa shape index (κ2) is 5.38. The van der Waals surface area contributed by atoms with Crippen molar-refractivity contribution in [2.75, 3.05) is 19.8 Å². The second-order valence-electron chi connectivity index (χ2n) is 5.95. The summed E-state index contributed by atoms with van der Waals surface area (Å²) in [6.45, 7) is 4.18. The van der Waals surface area contributed by atoms with E-state index >= 15 is 0 Å². The zero-order valence-electron chi connectivity index (χ0n) is 11.5. The molecule has 1 spiro atoms. The van der Waals surface area contributed by atoms with Crippen LogP contribution >= 0.6 is 0 Å². The van der Waals surface area contributed by atoms with Crippen molar-refractivity contribution < 1.29 is 19.0 Å². The van der Waals surface area contributed by atoms with E-state index in [1.54, 1.807) is 0 Å². The van der Waals surface area contributed by atoms with E-state index in [0.29, 0.717) is 25.7 Å². The molecule has 5 nitrogen and oxygen atoms in total. The van der Waals surface area contributed by atoms with E-state index in [2.05, 4.69) is 12.2 Å².